The van der Waals surface area contributed by atoms with Gasteiger partial charge in [-0.15, -0.1) is 0 Å². The third-order valence-electron chi connectivity index (χ3n) is 7.62. The van der Waals surface area contributed by atoms with Crippen molar-refractivity contribution in [1.82, 2.24) is 14.5 Å². The fourth-order valence-corrected chi connectivity index (χ4v) is 6.22. The number of nitrogens with zero attached hydrogens (tertiary/aromatic N) is 2. The number of ether oxygens (including phenoxy) is 2. The summed E-state index contributed by atoms with van der Waals surface area (Å²) in [5, 5.41) is 15.7. The molecule has 3 amide bonds. The van der Waals surface area contributed by atoms with Crippen LogP contribution in [0.5, 0.6) is 5.75 Å². The fraction of sp³-hybridized carbons (Fsp3) is 0.562. The number of nitrogens with one attached hydrogen (secondary N) is 2. The Morgan fingerprint density at radius 3 is 2.48 bits per heavy atom. The summed E-state index contributed by atoms with van der Waals surface area (Å²) in [5.74, 6) is -0.293. The van der Waals surface area contributed by atoms with E-state index in [9.17, 15) is 23.1 Å². The maximum atomic E-state index is 14.2. The van der Waals surface area contributed by atoms with Gasteiger partial charge in [-0.3, -0.25) is 4.79 Å². The average molecular weight is 633 g/mol. The van der Waals surface area contributed by atoms with Gasteiger partial charge in [0.15, 0.2) is 0 Å². The molecule has 3 N–H and O–H groups in total. The Morgan fingerprint density at radius 2 is 1.82 bits per heavy atom. The number of carbonyl (C=O) groups is 2. The predicted molar refractivity (Wildman–Crippen MR) is 170 cm³/mol. The van der Waals surface area contributed by atoms with Crippen molar-refractivity contribution in [2.45, 2.75) is 83.1 Å². The van der Waals surface area contributed by atoms with Crippen LogP contribution >= 0.6 is 0 Å². The van der Waals surface area contributed by atoms with E-state index in [0.29, 0.717) is 24.5 Å². The van der Waals surface area contributed by atoms with E-state index < -0.39 is 28.2 Å². The number of benzene rings is 2. The Bertz CT molecular complexity index is 1340. The minimum Gasteiger partial charge on any atom is -0.490 e. The highest BCUT2D eigenvalue weighted by Crippen LogP contribution is 2.29. The monoisotopic (exact) mass is 632 g/mol. The molecular weight excluding hydrogens is 584 g/mol. The fourth-order valence-electron chi connectivity index (χ4n) is 5.02. The Labute approximate surface area is 262 Å². The van der Waals surface area contributed by atoms with Crippen LogP contribution in [-0.2, 0) is 14.8 Å². The van der Waals surface area contributed by atoms with E-state index in [1.807, 2.05) is 27.7 Å². The molecule has 44 heavy (non-hydrogen) atoms. The second kappa shape index (κ2) is 16.2. The average Bonchev–Trinajstić information content (AvgIpc) is 2.98. The number of hydrogen-bond donors (Lipinski definition) is 3. The van der Waals surface area contributed by atoms with Crippen molar-refractivity contribution in [1.29, 1.82) is 0 Å². The Hall–Kier alpha value is -3.19. The lowest BCUT2D eigenvalue weighted by Crippen LogP contribution is -2.48. The number of aliphatic hydroxyl groups excluding tert-OH is 1. The van der Waals surface area contributed by atoms with Crippen LogP contribution < -0.4 is 15.4 Å². The summed E-state index contributed by atoms with van der Waals surface area (Å²) in [6.45, 7) is 9.71. The van der Waals surface area contributed by atoms with E-state index in [1.165, 1.54) is 11.4 Å². The molecule has 1 aliphatic rings. The molecule has 0 spiro atoms. The van der Waals surface area contributed by atoms with Crippen LogP contribution in [0.15, 0.2) is 53.4 Å². The van der Waals surface area contributed by atoms with Gasteiger partial charge < -0.3 is 30.1 Å². The van der Waals surface area contributed by atoms with Crippen molar-refractivity contribution in [3.8, 4) is 5.75 Å². The van der Waals surface area contributed by atoms with Gasteiger partial charge in [0.25, 0.3) is 5.91 Å². The first-order chi connectivity index (χ1) is 20.8. The molecule has 0 aromatic heterocycles. The minimum absolute atomic E-state index is 0.0719. The summed E-state index contributed by atoms with van der Waals surface area (Å²) < 4.78 is 40.4. The highest BCUT2D eigenvalue weighted by atomic mass is 32.2. The molecule has 12 heteroatoms. The van der Waals surface area contributed by atoms with E-state index in [1.54, 1.807) is 60.4 Å². The Balaban J connectivity index is 1.96. The molecule has 2 aromatic carbocycles. The van der Waals surface area contributed by atoms with E-state index >= 15 is 0 Å². The lowest BCUT2D eigenvalue weighted by molar-refractivity contribution is -0.00833. The molecular formula is C32H48N4O7S. The lowest BCUT2D eigenvalue weighted by atomic mass is 10.0. The number of urea groups is 1. The molecule has 4 atom stereocenters. The first-order valence-electron chi connectivity index (χ1n) is 15.3. The van der Waals surface area contributed by atoms with Crippen molar-refractivity contribution >= 4 is 27.6 Å². The van der Waals surface area contributed by atoms with Crippen molar-refractivity contribution < 1.29 is 32.6 Å². The first kappa shape index (κ1) is 35.3. The lowest BCUT2D eigenvalue weighted by Gasteiger charge is -2.35. The van der Waals surface area contributed by atoms with Gasteiger partial charge in [-0.25, -0.2) is 13.2 Å². The molecule has 0 saturated heterocycles. The van der Waals surface area contributed by atoms with Crippen LogP contribution in [0.2, 0.25) is 0 Å². The van der Waals surface area contributed by atoms with Crippen molar-refractivity contribution in [3.63, 3.8) is 0 Å². The zero-order chi connectivity index (χ0) is 32.4. The van der Waals surface area contributed by atoms with Gasteiger partial charge in [0.1, 0.15) is 5.75 Å². The van der Waals surface area contributed by atoms with Crippen molar-refractivity contribution in [3.05, 3.63) is 54.1 Å². The molecule has 0 fully saturated rings. The predicted octanol–water partition coefficient (Wildman–Crippen LogP) is 4.33. The van der Waals surface area contributed by atoms with E-state index in [4.69, 9.17) is 9.47 Å². The molecule has 1 heterocycles. The van der Waals surface area contributed by atoms with Gasteiger partial charge >= 0.3 is 6.03 Å². The maximum Gasteiger partial charge on any atom is 0.319 e. The summed E-state index contributed by atoms with van der Waals surface area (Å²) in [6, 6.07) is 12.2. The number of sulfonamides is 1. The van der Waals surface area contributed by atoms with Crippen molar-refractivity contribution in [2.75, 3.05) is 38.7 Å². The van der Waals surface area contributed by atoms with Crippen molar-refractivity contribution in [2.24, 2.45) is 5.92 Å². The van der Waals surface area contributed by atoms with Crippen LogP contribution in [-0.4, -0.2) is 92.3 Å². The zero-order valence-corrected chi connectivity index (χ0v) is 27.5. The number of fused-ring (bicyclic) bond motifs is 1. The SMILES string of the molecule is CC(C)NC(=O)Nc1ccc2c(c1)C(=O)N([C@@H](C)CO)C[C@H](C)[C@@H](CN(C)S(=O)(=O)c1ccccc1)OCCCC[C@@H](C)O2. The number of aliphatic hydroxyl groups is 1. The normalized spacial score (nSPS) is 21.2. The van der Waals surface area contributed by atoms with Gasteiger partial charge in [0.05, 0.1) is 35.3 Å². The summed E-state index contributed by atoms with van der Waals surface area (Å²) in [5.41, 5.74) is 0.677. The summed E-state index contributed by atoms with van der Waals surface area (Å²) in [6.07, 6.45) is 1.55. The number of rotatable bonds is 8. The highest BCUT2D eigenvalue weighted by Gasteiger charge is 2.32. The van der Waals surface area contributed by atoms with Gasteiger partial charge in [-0.1, -0.05) is 25.1 Å². The van der Waals surface area contributed by atoms with E-state index in [2.05, 4.69) is 10.6 Å². The van der Waals surface area contributed by atoms with Gasteiger partial charge in [0, 0.05) is 44.4 Å². The van der Waals surface area contributed by atoms with Crippen LogP contribution in [0.1, 0.15) is 64.2 Å². The second-order valence-electron chi connectivity index (χ2n) is 11.9. The number of likely N-dealkylation sites (N-methyl/N-ethyl adjacent to an activating group) is 1. The van der Waals surface area contributed by atoms with Gasteiger partial charge in [-0.2, -0.15) is 4.31 Å². The quantitative estimate of drug-likeness (QED) is 0.394. The number of carbonyl (C=O) groups excluding carboxylic acids is 2. The highest BCUT2D eigenvalue weighted by molar-refractivity contribution is 7.89. The Morgan fingerprint density at radius 1 is 1.11 bits per heavy atom. The molecule has 3 rings (SSSR count). The van der Waals surface area contributed by atoms with Crippen LogP contribution in [0.4, 0.5) is 10.5 Å². The zero-order valence-electron chi connectivity index (χ0n) is 26.7. The minimum atomic E-state index is -3.76. The van der Waals surface area contributed by atoms with E-state index in [-0.39, 0.29) is 54.1 Å². The summed E-state index contributed by atoms with van der Waals surface area (Å²) in [7, 11) is -2.23. The number of anilines is 1. The molecule has 0 saturated carbocycles. The topological polar surface area (TPSA) is 138 Å². The Kier molecular flexibility index (Phi) is 13.0. The maximum absolute atomic E-state index is 14.2. The summed E-state index contributed by atoms with van der Waals surface area (Å²) in [4.78, 5) is 28.4. The second-order valence-corrected chi connectivity index (χ2v) is 13.9. The standard InChI is InChI=1S/C32H48N4O7S/c1-22(2)33-32(39)34-26-15-16-29-28(18-26)31(38)36(24(4)21-37)19-23(3)30(42-17-11-10-12-25(5)43-29)20-35(6)44(40,41)27-13-8-7-9-14-27/h7-9,13-16,18,22-25,30,37H,10-12,17,19-21H2,1-6H3,(H2,33,34,39)/t23-,24-,25+,30+/m0/s1. The van der Waals surface area contributed by atoms with Gasteiger partial charge in [0.2, 0.25) is 10.0 Å². The largest absolute Gasteiger partial charge is 0.490 e. The molecule has 0 aliphatic carbocycles. The molecule has 0 unspecified atom stereocenters. The first-order valence-corrected chi connectivity index (χ1v) is 16.7. The van der Waals surface area contributed by atoms with E-state index in [0.717, 1.165) is 12.8 Å². The van der Waals surface area contributed by atoms with Crippen LogP contribution in [0.3, 0.4) is 0 Å². The molecule has 11 nitrogen and oxygen atoms in total. The molecule has 1 aliphatic heterocycles. The van der Waals surface area contributed by atoms with Gasteiger partial charge in [-0.05, 0) is 77.3 Å². The summed E-state index contributed by atoms with van der Waals surface area (Å²) >= 11 is 0. The molecule has 0 bridgehead atoms. The molecule has 0 radical (unpaired) electrons. The third kappa shape index (κ3) is 9.65. The number of hydrogen-bond acceptors (Lipinski definition) is 7. The molecule has 244 valence electrons. The number of amides is 3. The smallest absolute Gasteiger partial charge is 0.319 e. The third-order valence-corrected chi connectivity index (χ3v) is 9.46. The molecule has 2 aromatic rings. The van der Waals surface area contributed by atoms with Crippen LogP contribution in [0, 0.1) is 5.92 Å². The van der Waals surface area contributed by atoms with Crippen LogP contribution in [0.25, 0.3) is 0 Å².